The van der Waals surface area contributed by atoms with E-state index in [0.29, 0.717) is 19.3 Å². The molecule has 0 amide bonds. The molecule has 0 aromatic rings. The maximum atomic E-state index is 10.7. The summed E-state index contributed by atoms with van der Waals surface area (Å²) in [5.41, 5.74) is 0. The molecule has 0 aliphatic carbocycles. The largest absolute Gasteiger partial charge is 1.00 e. The summed E-state index contributed by atoms with van der Waals surface area (Å²) in [5.74, 6) is 0. The zero-order valence-corrected chi connectivity index (χ0v) is 16.5. The summed E-state index contributed by atoms with van der Waals surface area (Å²) in [5, 5.41) is 8.86. The summed E-state index contributed by atoms with van der Waals surface area (Å²) in [6.45, 7) is 3.60. The fraction of sp³-hybridized carbons (Fsp3) is 1.00. The summed E-state index contributed by atoms with van der Waals surface area (Å²) in [4.78, 5) is 0. The van der Waals surface area contributed by atoms with Gasteiger partial charge in [-0.3, -0.25) is 0 Å². The van der Waals surface area contributed by atoms with E-state index in [-0.39, 0.29) is 57.5 Å². The van der Waals surface area contributed by atoms with Crippen molar-refractivity contribution in [2.45, 2.75) is 83.0 Å². The van der Waals surface area contributed by atoms with Crippen molar-refractivity contribution in [1.29, 1.82) is 0 Å². The third kappa shape index (κ3) is 14.2. The molecule has 2 unspecified atom stereocenters. The summed E-state index contributed by atoms with van der Waals surface area (Å²) < 4.78 is 32.0. The molecule has 0 radical (unpaired) electrons. The maximum absolute atomic E-state index is 10.7. The van der Waals surface area contributed by atoms with Crippen molar-refractivity contribution in [2.24, 2.45) is 0 Å². The maximum Gasteiger partial charge on any atom is 1.00 e. The Balaban J connectivity index is 0. The Bertz CT molecular complexity index is 293. The fourth-order valence-corrected chi connectivity index (χ4v) is 2.37. The van der Waals surface area contributed by atoms with Gasteiger partial charge in [-0.25, -0.2) is 8.42 Å². The number of hydrogen-bond donors (Lipinski definition) is 1. The van der Waals surface area contributed by atoms with E-state index < -0.39 is 15.4 Å². The molecule has 0 heterocycles. The van der Waals surface area contributed by atoms with Crippen LogP contribution in [0, 0.1) is 0 Å². The smallest absolute Gasteiger partial charge is 0.748 e. The minimum absolute atomic E-state index is 0. The molecule has 0 spiro atoms. The van der Waals surface area contributed by atoms with E-state index in [9.17, 15) is 18.1 Å². The summed E-state index contributed by atoms with van der Waals surface area (Å²) >= 11 is 0. The molecule has 0 aliphatic rings. The van der Waals surface area contributed by atoms with Gasteiger partial charge in [0.2, 0.25) is 0 Å². The van der Waals surface area contributed by atoms with Crippen LogP contribution in [0.2, 0.25) is 0 Å². The molecule has 0 fully saturated rings. The molecule has 0 aromatic heterocycles. The van der Waals surface area contributed by atoms with Gasteiger partial charge in [0.25, 0.3) is 0 Å². The molecule has 2 atom stereocenters. The van der Waals surface area contributed by atoms with Gasteiger partial charge in [-0.2, -0.15) is 0 Å². The number of aliphatic hydroxyl groups excluding tert-OH is 1. The number of aliphatic hydroxyl groups is 1. The van der Waals surface area contributed by atoms with Gasteiger partial charge in [0.05, 0.1) is 16.2 Å². The quantitative estimate of drug-likeness (QED) is 0.326. The zero-order chi connectivity index (χ0) is 14.0. The Labute approximate surface area is 160 Å². The topological polar surface area (TPSA) is 77.4 Å². The van der Waals surface area contributed by atoms with Crippen LogP contribution in [0.15, 0.2) is 0 Å². The van der Waals surface area contributed by atoms with Gasteiger partial charge in [-0.1, -0.05) is 39.0 Å². The van der Waals surface area contributed by atoms with E-state index in [4.69, 9.17) is 0 Å². The zero-order valence-electron chi connectivity index (χ0n) is 12.6. The van der Waals surface area contributed by atoms with Crippen LogP contribution < -0.4 is 51.4 Å². The first kappa shape index (κ1) is 22.8. The molecular formula is C13H27KO4S. The first-order valence-corrected chi connectivity index (χ1v) is 8.47. The Morgan fingerprint density at radius 1 is 1.00 bits per heavy atom. The molecule has 19 heavy (non-hydrogen) atoms. The van der Waals surface area contributed by atoms with Crippen LogP contribution in [-0.2, 0) is 10.1 Å². The second-order valence-corrected chi connectivity index (χ2v) is 6.88. The summed E-state index contributed by atoms with van der Waals surface area (Å²) in [7, 11) is -4.16. The second kappa shape index (κ2) is 13.2. The van der Waals surface area contributed by atoms with Crippen molar-refractivity contribution >= 4 is 10.1 Å². The summed E-state index contributed by atoms with van der Waals surface area (Å²) in [6.07, 6.45) is 7.81. The van der Waals surface area contributed by atoms with Gasteiger partial charge in [0.1, 0.15) is 0 Å². The third-order valence-corrected chi connectivity index (χ3v) is 4.50. The van der Waals surface area contributed by atoms with Gasteiger partial charge < -0.3 is 9.66 Å². The van der Waals surface area contributed by atoms with Crippen LogP contribution in [-0.4, -0.2) is 29.4 Å². The second-order valence-electron chi connectivity index (χ2n) is 5.09. The van der Waals surface area contributed by atoms with Gasteiger partial charge in [0, 0.05) is 5.25 Å². The molecule has 4 nitrogen and oxygen atoms in total. The number of rotatable bonds is 11. The predicted molar refractivity (Wildman–Crippen MR) is 72.4 cm³/mol. The van der Waals surface area contributed by atoms with Crippen LogP contribution in [0.25, 0.3) is 0 Å². The minimum atomic E-state index is -4.16. The minimum Gasteiger partial charge on any atom is -0.748 e. The van der Waals surface area contributed by atoms with Crippen molar-refractivity contribution in [3.8, 4) is 0 Å². The molecule has 0 saturated heterocycles. The molecule has 0 saturated carbocycles. The third-order valence-electron chi connectivity index (χ3n) is 3.28. The van der Waals surface area contributed by atoms with E-state index in [1.165, 1.54) is 26.2 Å². The number of hydrogen-bond acceptors (Lipinski definition) is 4. The molecule has 0 aliphatic heterocycles. The van der Waals surface area contributed by atoms with Gasteiger partial charge in [-0.15, -0.1) is 0 Å². The molecule has 0 bridgehead atoms. The van der Waals surface area contributed by atoms with Crippen LogP contribution >= 0.6 is 0 Å². The molecule has 6 heteroatoms. The van der Waals surface area contributed by atoms with Crippen molar-refractivity contribution in [2.75, 3.05) is 0 Å². The Kier molecular flexibility index (Phi) is 15.8. The number of unbranched alkanes of at least 4 members (excludes halogenated alkanes) is 4. The molecule has 110 valence electrons. The average Bonchev–Trinajstić information content (AvgIpc) is 2.27. The van der Waals surface area contributed by atoms with Crippen LogP contribution in [0.5, 0.6) is 0 Å². The van der Waals surface area contributed by atoms with Gasteiger partial charge in [-0.05, 0) is 32.6 Å². The Morgan fingerprint density at radius 2 is 1.53 bits per heavy atom. The van der Waals surface area contributed by atoms with E-state index in [0.717, 1.165) is 19.3 Å². The van der Waals surface area contributed by atoms with Crippen LogP contribution in [0.3, 0.4) is 0 Å². The van der Waals surface area contributed by atoms with Crippen molar-refractivity contribution in [3.05, 3.63) is 0 Å². The van der Waals surface area contributed by atoms with Crippen molar-refractivity contribution in [3.63, 3.8) is 0 Å². The van der Waals surface area contributed by atoms with E-state index in [1.54, 1.807) is 0 Å². The van der Waals surface area contributed by atoms with E-state index in [1.807, 2.05) is 0 Å². The Morgan fingerprint density at radius 3 is 2.05 bits per heavy atom. The van der Waals surface area contributed by atoms with Crippen molar-refractivity contribution < 1.29 is 69.5 Å². The first-order chi connectivity index (χ1) is 8.38. The average molecular weight is 319 g/mol. The SMILES string of the molecule is CCCCCCCC(O)CCCC(C)S(=O)(=O)[O-].[K+]. The first-order valence-electron chi connectivity index (χ1n) is 7.00. The van der Waals surface area contributed by atoms with E-state index in [2.05, 4.69) is 6.92 Å². The van der Waals surface area contributed by atoms with Crippen LogP contribution in [0.4, 0.5) is 0 Å². The molecule has 1 N–H and O–H groups in total. The molecule has 0 rings (SSSR count). The molecule has 0 aromatic carbocycles. The fourth-order valence-electron chi connectivity index (χ4n) is 1.91. The monoisotopic (exact) mass is 318 g/mol. The van der Waals surface area contributed by atoms with Crippen LogP contribution in [0.1, 0.15) is 71.6 Å². The normalized spacial score (nSPS) is 14.7. The standard InChI is InChI=1S/C13H28O4S.K/c1-3-4-5-6-7-10-13(14)11-8-9-12(2)18(15,16)17;/h12-14H,3-11H2,1-2H3,(H,15,16,17);/q;+1/p-1. The summed E-state index contributed by atoms with van der Waals surface area (Å²) in [6, 6.07) is 0. The van der Waals surface area contributed by atoms with Gasteiger partial charge >= 0.3 is 51.4 Å². The van der Waals surface area contributed by atoms with Gasteiger partial charge in [0.15, 0.2) is 0 Å². The predicted octanol–water partition coefficient (Wildman–Crippen LogP) is -0.184. The Hall–Kier alpha value is 1.51. The van der Waals surface area contributed by atoms with E-state index >= 15 is 0 Å². The molecular weight excluding hydrogens is 291 g/mol. The van der Waals surface area contributed by atoms with Crippen molar-refractivity contribution in [1.82, 2.24) is 0 Å².